The highest BCUT2D eigenvalue weighted by atomic mass is 16.3. The van der Waals surface area contributed by atoms with E-state index in [1.807, 2.05) is 0 Å². The Hall–Kier alpha value is -14.7. The van der Waals surface area contributed by atoms with Gasteiger partial charge in [0.1, 0.15) is 22.3 Å². The van der Waals surface area contributed by atoms with Crippen LogP contribution in [0.5, 0.6) is 0 Å². The Morgan fingerprint density at radius 2 is 0.500 bits per heavy atom. The van der Waals surface area contributed by atoms with E-state index in [1.54, 1.807) is 0 Å². The number of benzene rings is 17. The quantitative estimate of drug-likeness (QED) is 0.112. The maximum absolute atomic E-state index is 7.13. The Morgan fingerprint density at radius 3 is 0.893 bits per heavy atom. The summed E-state index contributed by atoms with van der Waals surface area (Å²) >= 11 is 0. The second-order valence-electron chi connectivity index (χ2n) is 29.4. The van der Waals surface area contributed by atoms with Gasteiger partial charge in [-0.25, -0.2) is 0 Å². The molecular formula is C102H66B2N6O2. The first-order valence-electron chi connectivity index (χ1n) is 38.5. The largest absolute Gasteiger partial charge is 0.455 e. The van der Waals surface area contributed by atoms with E-state index in [1.165, 1.54) is 32.8 Å². The summed E-state index contributed by atoms with van der Waals surface area (Å²) in [6.45, 7) is -0.585. The minimum Gasteiger partial charge on any atom is -0.455 e. The van der Waals surface area contributed by atoms with Crippen molar-refractivity contribution in [3.05, 3.63) is 400 Å². The average molecular weight is 1430 g/mol. The first kappa shape index (κ1) is 63.4. The molecule has 0 saturated heterocycles. The van der Waals surface area contributed by atoms with Gasteiger partial charge in [-0.2, -0.15) is 0 Å². The molecule has 10 heteroatoms. The Bertz CT molecular complexity index is 6470. The molecule has 2 aromatic heterocycles. The van der Waals surface area contributed by atoms with Gasteiger partial charge in [0.25, 0.3) is 13.4 Å². The molecule has 0 bridgehead atoms. The van der Waals surface area contributed by atoms with Gasteiger partial charge in [-0.3, -0.25) is 0 Å². The van der Waals surface area contributed by atoms with Crippen LogP contribution in [0.15, 0.2) is 409 Å². The molecule has 0 fully saturated rings. The van der Waals surface area contributed by atoms with Gasteiger partial charge in [0.2, 0.25) is 0 Å². The topological polar surface area (TPSA) is 45.7 Å². The lowest BCUT2D eigenvalue weighted by Crippen LogP contribution is -2.65. The summed E-state index contributed by atoms with van der Waals surface area (Å²) in [5, 5.41) is 4.28. The molecule has 522 valence electrons. The Kier molecular flexibility index (Phi) is 14.4. The molecule has 0 saturated carbocycles. The number of furan rings is 2. The molecule has 17 aromatic carbocycles. The molecule has 0 aliphatic carbocycles. The molecule has 6 heterocycles. The minimum absolute atomic E-state index is 0.292. The van der Waals surface area contributed by atoms with Crippen LogP contribution in [-0.2, 0) is 0 Å². The van der Waals surface area contributed by atoms with Crippen LogP contribution in [0.25, 0.3) is 66.1 Å². The fraction of sp³-hybridized carbons (Fsp3) is 0. The zero-order valence-electron chi connectivity index (χ0n) is 60.8. The van der Waals surface area contributed by atoms with E-state index in [9.17, 15) is 0 Å². The summed E-state index contributed by atoms with van der Waals surface area (Å²) in [6.07, 6.45) is 0. The van der Waals surface area contributed by atoms with Gasteiger partial charge in [0.05, 0.1) is 22.7 Å². The van der Waals surface area contributed by atoms with Crippen LogP contribution in [0.3, 0.4) is 0 Å². The second-order valence-corrected chi connectivity index (χ2v) is 29.4. The van der Waals surface area contributed by atoms with E-state index < -0.39 is 0 Å². The molecule has 23 rings (SSSR count). The Morgan fingerprint density at radius 1 is 0.196 bits per heavy atom. The van der Waals surface area contributed by atoms with Crippen LogP contribution in [0.4, 0.5) is 102 Å². The summed E-state index contributed by atoms with van der Waals surface area (Å²) in [6, 6.07) is 147. The lowest BCUT2D eigenvalue weighted by molar-refractivity contribution is 0.669. The standard InChI is InChI=1S/C102H66B2N6O2/c1-7-33-67(34-8-1)105(68-35-9-2-10-36-68)73-61-93-99-95(63-73)109(87-55-25-19-45-75(87)79-49-31-51-81-77-47-21-29-59-97(77)111-101(79)81)91-66-92-86(65-85(91)103(99)83-53-23-27-57-89(83)107(93)71-41-15-5-16-42-71)104-84-54-24-28-58-90(84)108(72-43-17-6-18-44-72)94-62-74(106(69-37-11-3-12-38-69)70-39-13-4-14-40-70)64-96(100(94)104)110(92)88-56-26-20-46-76(88)80-50-32-52-82-78-48-22-30-60-98(78)112-102(80)82/h1-66H. The molecule has 0 N–H and O–H groups in total. The van der Waals surface area contributed by atoms with E-state index in [0.29, 0.717) is 0 Å². The maximum atomic E-state index is 7.13. The highest BCUT2D eigenvalue weighted by Gasteiger charge is 2.50. The summed E-state index contributed by atoms with van der Waals surface area (Å²) in [7, 11) is 0. The van der Waals surface area contributed by atoms with Crippen molar-refractivity contribution < 1.29 is 8.83 Å². The fourth-order valence-electron chi connectivity index (χ4n) is 18.8. The van der Waals surface area contributed by atoms with Crippen LogP contribution in [0.2, 0.25) is 0 Å². The van der Waals surface area contributed by atoms with Crippen molar-refractivity contribution in [1.82, 2.24) is 0 Å². The third-order valence-electron chi connectivity index (χ3n) is 23.3. The molecule has 0 amide bonds. The molecule has 0 atom stereocenters. The number of fused-ring (bicyclic) bond motifs is 14. The van der Waals surface area contributed by atoms with Gasteiger partial charge in [-0.1, -0.05) is 261 Å². The van der Waals surface area contributed by atoms with Gasteiger partial charge < -0.3 is 38.2 Å². The molecule has 0 unspecified atom stereocenters. The Balaban J connectivity index is 0.885. The van der Waals surface area contributed by atoms with Crippen molar-refractivity contribution in [3.8, 4) is 22.3 Å². The van der Waals surface area contributed by atoms with Crippen LogP contribution < -0.4 is 62.2 Å². The monoisotopic (exact) mass is 1430 g/mol. The van der Waals surface area contributed by atoms with Gasteiger partial charge in [-0.05, 0) is 172 Å². The number of nitrogens with zero attached hydrogens (tertiary/aromatic N) is 6. The number of hydrogen-bond donors (Lipinski definition) is 0. The van der Waals surface area contributed by atoms with Gasteiger partial charge in [0, 0.05) is 123 Å². The smallest absolute Gasteiger partial charge is 0.252 e. The molecule has 8 nitrogen and oxygen atoms in total. The first-order chi connectivity index (χ1) is 55.6. The SMILES string of the molecule is c1ccc(N(c2ccccc2)c2cc3c4c(c2)N(c2ccccc2-c2cccc5c2oc2ccccc25)c2cc5c(cc2B4c2ccccc2N3c2ccccc2)B2c3ccccc3N(c3ccccc3)c3cc(N(c4ccccc4)c4ccccc4)cc(c32)N5c2ccccc2-c2cccc3c2oc2ccccc23)cc1. The van der Waals surface area contributed by atoms with E-state index in [2.05, 4.69) is 430 Å². The highest BCUT2D eigenvalue weighted by Crippen LogP contribution is 2.55. The molecule has 4 aliphatic heterocycles. The van der Waals surface area contributed by atoms with Crippen molar-refractivity contribution in [2.75, 3.05) is 29.4 Å². The third kappa shape index (κ3) is 9.71. The van der Waals surface area contributed by atoms with Crippen LogP contribution >= 0.6 is 0 Å². The summed E-state index contributed by atoms with van der Waals surface area (Å²) < 4.78 is 14.3. The fourth-order valence-corrected chi connectivity index (χ4v) is 18.8. The summed E-state index contributed by atoms with van der Waals surface area (Å²) in [5.41, 5.74) is 33.5. The van der Waals surface area contributed by atoms with E-state index >= 15 is 0 Å². The van der Waals surface area contributed by atoms with Crippen molar-refractivity contribution in [3.63, 3.8) is 0 Å². The Labute approximate surface area is 649 Å². The van der Waals surface area contributed by atoms with E-state index in [0.717, 1.165) is 169 Å². The second kappa shape index (κ2) is 25.5. The molecule has 0 radical (unpaired) electrons. The van der Waals surface area contributed by atoms with Crippen LogP contribution in [-0.4, -0.2) is 13.4 Å². The maximum Gasteiger partial charge on any atom is 0.252 e. The third-order valence-corrected chi connectivity index (χ3v) is 23.3. The predicted octanol–water partition coefficient (Wildman–Crippen LogP) is 23.9. The molecule has 19 aromatic rings. The zero-order chi connectivity index (χ0) is 73.5. The number of hydrogen-bond acceptors (Lipinski definition) is 8. The van der Waals surface area contributed by atoms with Crippen LogP contribution in [0.1, 0.15) is 0 Å². The molecule has 112 heavy (non-hydrogen) atoms. The number of rotatable bonds is 12. The van der Waals surface area contributed by atoms with Crippen molar-refractivity contribution in [2.45, 2.75) is 0 Å². The lowest BCUT2D eigenvalue weighted by Gasteiger charge is -2.48. The van der Waals surface area contributed by atoms with E-state index in [4.69, 9.17) is 8.83 Å². The van der Waals surface area contributed by atoms with Gasteiger partial charge >= 0.3 is 0 Å². The molecule has 4 aliphatic rings. The lowest BCUT2D eigenvalue weighted by atomic mass is 9.30. The predicted molar refractivity (Wildman–Crippen MR) is 469 cm³/mol. The van der Waals surface area contributed by atoms with Crippen molar-refractivity contribution in [2.24, 2.45) is 0 Å². The van der Waals surface area contributed by atoms with Crippen molar-refractivity contribution >= 4 is 192 Å². The average Bonchev–Trinajstić information content (AvgIpc) is 0.774. The zero-order valence-corrected chi connectivity index (χ0v) is 60.8. The molecular weight excluding hydrogens is 1360 g/mol. The first-order valence-corrected chi connectivity index (χ1v) is 38.5. The highest BCUT2D eigenvalue weighted by molar-refractivity contribution is 7.03. The summed E-state index contributed by atoms with van der Waals surface area (Å²) in [4.78, 5) is 15.2. The molecule has 0 spiro atoms. The van der Waals surface area contributed by atoms with E-state index in [-0.39, 0.29) is 13.4 Å². The normalized spacial score (nSPS) is 12.9. The summed E-state index contributed by atoms with van der Waals surface area (Å²) in [5.74, 6) is 0. The van der Waals surface area contributed by atoms with Crippen LogP contribution in [0, 0.1) is 0 Å². The van der Waals surface area contributed by atoms with Crippen molar-refractivity contribution in [1.29, 1.82) is 0 Å². The number of anilines is 18. The minimum atomic E-state index is -0.292. The number of para-hydroxylation sites is 14. The van der Waals surface area contributed by atoms with Gasteiger partial charge in [-0.15, -0.1) is 0 Å². The van der Waals surface area contributed by atoms with Gasteiger partial charge in [0.15, 0.2) is 0 Å².